The van der Waals surface area contributed by atoms with Crippen LogP contribution in [0.4, 0.5) is 5.95 Å². The topological polar surface area (TPSA) is 56.7 Å². The number of nitrogen functional groups attached to an aromatic ring is 1. The molecule has 0 aliphatic heterocycles. The highest BCUT2D eigenvalue weighted by molar-refractivity contribution is 7.99. The maximum Gasteiger partial charge on any atom is 0.222 e. The van der Waals surface area contributed by atoms with Crippen molar-refractivity contribution in [3.8, 4) is 0 Å². The van der Waals surface area contributed by atoms with E-state index in [-0.39, 0.29) is 0 Å². The van der Waals surface area contributed by atoms with Crippen LogP contribution in [0.1, 0.15) is 52.5 Å². The van der Waals surface area contributed by atoms with Crippen LogP contribution in [0.5, 0.6) is 0 Å². The Kier molecular flexibility index (Phi) is 5.66. The van der Waals surface area contributed by atoms with Crippen molar-refractivity contribution < 1.29 is 0 Å². The highest BCUT2D eigenvalue weighted by atomic mass is 32.2. The van der Waals surface area contributed by atoms with Crippen LogP contribution in [0.25, 0.3) is 0 Å². The monoisotopic (exact) mass is 242 g/mol. The number of thioether (sulfide) groups is 1. The van der Waals surface area contributed by atoms with Crippen molar-refractivity contribution >= 4 is 17.7 Å². The minimum atomic E-state index is 0.327. The summed E-state index contributed by atoms with van der Waals surface area (Å²) in [5, 5.41) is 8.98. The van der Waals surface area contributed by atoms with E-state index >= 15 is 0 Å². The van der Waals surface area contributed by atoms with Gasteiger partial charge >= 0.3 is 0 Å². The molecule has 0 radical (unpaired) electrons. The number of hydrogen-bond acceptors (Lipinski definition) is 4. The lowest BCUT2D eigenvalue weighted by Crippen LogP contribution is -2.07. The largest absolute Gasteiger partial charge is 0.368 e. The van der Waals surface area contributed by atoms with Crippen LogP contribution in [-0.4, -0.2) is 20.5 Å². The van der Waals surface area contributed by atoms with Crippen molar-refractivity contribution in [3.63, 3.8) is 0 Å². The normalized spacial score (nSPS) is 11.2. The Labute approximate surface area is 102 Å². The zero-order valence-electron chi connectivity index (χ0n) is 10.4. The van der Waals surface area contributed by atoms with Gasteiger partial charge in [0.05, 0.1) is 0 Å². The Morgan fingerprint density at radius 3 is 2.62 bits per heavy atom. The maximum atomic E-state index is 5.77. The quantitative estimate of drug-likeness (QED) is 0.589. The molecule has 0 spiro atoms. The van der Waals surface area contributed by atoms with Gasteiger partial charge in [-0.25, -0.2) is 0 Å². The molecule has 0 aliphatic carbocycles. The molecular weight excluding hydrogens is 220 g/mol. The first-order valence-corrected chi connectivity index (χ1v) is 6.98. The molecule has 0 bridgehead atoms. The van der Waals surface area contributed by atoms with Crippen LogP contribution in [0.15, 0.2) is 5.16 Å². The average Bonchev–Trinajstić information content (AvgIpc) is 2.59. The predicted molar refractivity (Wildman–Crippen MR) is 69.7 cm³/mol. The molecule has 0 unspecified atom stereocenters. The van der Waals surface area contributed by atoms with Crippen LogP contribution in [0, 0.1) is 0 Å². The minimum absolute atomic E-state index is 0.327. The number of rotatable bonds is 7. The van der Waals surface area contributed by atoms with E-state index in [0.29, 0.717) is 12.0 Å². The van der Waals surface area contributed by atoms with Gasteiger partial charge in [-0.15, -0.1) is 10.2 Å². The van der Waals surface area contributed by atoms with Crippen LogP contribution in [0.2, 0.25) is 0 Å². The zero-order valence-corrected chi connectivity index (χ0v) is 11.3. The Morgan fingerprint density at radius 2 is 2.00 bits per heavy atom. The summed E-state index contributed by atoms with van der Waals surface area (Å²) >= 11 is 1.76. The van der Waals surface area contributed by atoms with Crippen molar-refractivity contribution in [2.45, 2.75) is 57.7 Å². The third kappa shape index (κ3) is 3.70. The van der Waals surface area contributed by atoms with E-state index in [9.17, 15) is 0 Å². The molecule has 0 saturated heterocycles. The second kappa shape index (κ2) is 6.78. The number of nitrogens with zero attached hydrogens (tertiary/aromatic N) is 3. The summed E-state index contributed by atoms with van der Waals surface area (Å²) in [7, 11) is 0. The lowest BCUT2D eigenvalue weighted by Gasteiger charge is -2.10. The van der Waals surface area contributed by atoms with Gasteiger partial charge in [-0.05, 0) is 20.3 Å². The standard InChI is InChI=1S/C11H22N4S/c1-4-5-6-7-8-16-11-14-13-10(12)15(11)9(2)3/h9H,4-8H2,1-3H3,(H2,12,13). The molecule has 1 rings (SSSR count). The lowest BCUT2D eigenvalue weighted by atomic mass is 10.2. The molecule has 5 heteroatoms. The number of aromatic nitrogens is 3. The first kappa shape index (κ1) is 13.4. The van der Waals surface area contributed by atoms with Crippen LogP contribution >= 0.6 is 11.8 Å². The zero-order chi connectivity index (χ0) is 12.0. The fourth-order valence-corrected chi connectivity index (χ4v) is 2.64. The van der Waals surface area contributed by atoms with Gasteiger partial charge in [0, 0.05) is 11.8 Å². The fourth-order valence-electron chi connectivity index (χ4n) is 1.56. The van der Waals surface area contributed by atoms with Gasteiger partial charge in [-0.1, -0.05) is 37.9 Å². The SMILES string of the molecule is CCCCCCSc1nnc(N)n1C(C)C. The number of nitrogens with two attached hydrogens (primary N) is 1. The summed E-state index contributed by atoms with van der Waals surface area (Å²) in [6.07, 6.45) is 5.14. The van der Waals surface area contributed by atoms with Gasteiger partial charge in [0.25, 0.3) is 0 Å². The van der Waals surface area contributed by atoms with E-state index in [4.69, 9.17) is 5.73 Å². The molecule has 4 nitrogen and oxygen atoms in total. The summed E-state index contributed by atoms with van der Waals surface area (Å²) in [6, 6.07) is 0.327. The Morgan fingerprint density at radius 1 is 1.25 bits per heavy atom. The van der Waals surface area contributed by atoms with E-state index < -0.39 is 0 Å². The molecular formula is C11H22N4S. The summed E-state index contributed by atoms with van der Waals surface area (Å²) in [6.45, 7) is 6.42. The van der Waals surface area contributed by atoms with E-state index in [0.717, 1.165) is 10.9 Å². The smallest absolute Gasteiger partial charge is 0.222 e. The van der Waals surface area contributed by atoms with Crippen LogP contribution < -0.4 is 5.73 Å². The molecule has 0 amide bonds. The summed E-state index contributed by atoms with van der Waals surface area (Å²) < 4.78 is 1.99. The summed E-state index contributed by atoms with van der Waals surface area (Å²) in [5.41, 5.74) is 5.77. The highest BCUT2D eigenvalue weighted by Crippen LogP contribution is 2.23. The molecule has 16 heavy (non-hydrogen) atoms. The molecule has 92 valence electrons. The van der Waals surface area contributed by atoms with Crippen molar-refractivity contribution in [1.82, 2.24) is 14.8 Å². The maximum absolute atomic E-state index is 5.77. The molecule has 0 fully saturated rings. The van der Waals surface area contributed by atoms with Gasteiger partial charge in [-0.3, -0.25) is 4.57 Å². The van der Waals surface area contributed by atoms with Crippen LogP contribution in [-0.2, 0) is 0 Å². The number of anilines is 1. The van der Waals surface area contributed by atoms with E-state index in [1.165, 1.54) is 25.7 Å². The van der Waals surface area contributed by atoms with Gasteiger partial charge in [0.2, 0.25) is 5.95 Å². The highest BCUT2D eigenvalue weighted by Gasteiger charge is 2.12. The summed E-state index contributed by atoms with van der Waals surface area (Å²) in [4.78, 5) is 0. The first-order valence-electron chi connectivity index (χ1n) is 6.00. The predicted octanol–water partition coefficient (Wildman–Crippen LogP) is 3.11. The minimum Gasteiger partial charge on any atom is -0.368 e. The van der Waals surface area contributed by atoms with Crippen molar-refractivity contribution in [2.24, 2.45) is 0 Å². The second-order valence-electron chi connectivity index (χ2n) is 4.21. The molecule has 1 aromatic rings. The molecule has 0 atom stereocenters. The van der Waals surface area contributed by atoms with Crippen molar-refractivity contribution in [3.05, 3.63) is 0 Å². The molecule has 0 aliphatic rings. The van der Waals surface area contributed by atoms with Crippen molar-refractivity contribution in [1.29, 1.82) is 0 Å². The third-order valence-electron chi connectivity index (χ3n) is 2.44. The fraction of sp³-hybridized carbons (Fsp3) is 0.818. The van der Waals surface area contributed by atoms with E-state index in [2.05, 4.69) is 31.0 Å². The molecule has 0 aromatic carbocycles. The molecule has 2 N–H and O–H groups in total. The number of unbranched alkanes of at least 4 members (excludes halogenated alkanes) is 3. The lowest BCUT2D eigenvalue weighted by molar-refractivity contribution is 0.557. The van der Waals surface area contributed by atoms with Gasteiger partial charge in [0.1, 0.15) is 0 Å². The first-order chi connectivity index (χ1) is 7.66. The van der Waals surface area contributed by atoms with Gasteiger partial charge in [0.15, 0.2) is 5.16 Å². The van der Waals surface area contributed by atoms with E-state index in [1.54, 1.807) is 11.8 Å². The van der Waals surface area contributed by atoms with Gasteiger partial charge in [-0.2, -0.15) is 0 Å². The Balaban J connectivity index is 2.41. The second-order valence-corrected chi connectivity index (χ2v) is 5.28. The summed E-state index contributed by atoms with van der Waals surface area (Å²) in [5.74, 6) is 1.62. The van der Waals surface area contributed by atoms with Gasteiger partial charge < -0.3 is 5.73 Å². The third-order valence-corrected chi connectivity index (χ3v) is 3.47. The molecule has 1 heterocycles. The Hall–Kier alpha value is -0.710. The molecule has 0 saturated carbocycles. The molecule has 1 aromatic heterocycles. The Bertz CT molecular complexity index is 309. The van der Waals surface area contributed by atoms with E-state index in [1.807, 2.05) is 4.57 Å². The van der Waals surface area contributed by atoms with Crippen molar-refractivity contribution in [2.75, 3.05) is 11.5 Å². The number of hydrogen-bond donors (Lipinski definition) is 1. The average molecular weight is 242 g/mol. The van der Waals surface area contributed by atoms with Crippen LogP contribution in [0.3, 0.4) is 0 Å².